The zero-order valence-corrected chi connectivity index (χ0v) is 9.81. The van der Waals surface area contributed by atoms with E-state index in [9.17, 15) is 9.59 Å². The summed E-state index contributed by atoms with van der Waals surface area (Å²) < 4.78 is 4.84. The molecule has 1 amide bonds. The van der Waals surface area contributed by atoms with E-state index in [0.29, 0.717) is 13.0 Å². The molecule has 0 spiro atoms. The molecule has 1 aromatic heterocycles. The highest BCUT2D eigenvalue weighted by atomic mass is 35.5. The van der Waals surface area contributed by atoms with Crippen molar-refractivity contribution in [3.05, 3.63) is 23.1 Å². The lowest BCUT2D eigenvalue weighted by molar-refractivity contribution is -0.143. The first-order valence-electron chi connectivity index (χ1n) is 5.38. The molecule has 1 saturated heterocycles. The Bertz CT molecular complexity index is 442. The molecule has 1 fully saturated rings. The van der Waals surface area contributed by atoms with E-state index in [2.05, 4.69) is 0 Å². The molecule has 1 N–H and O–H groups in total. The van der Waals surface area contributed by atoms with Crippen molar-refractivity contribution in [3.63, 3.8) is 0 Å². The Kier molecular flexibility index (Phi) is 3.38. The molecule has 0 radical (unpaired) electrons. The number of nitrogens with zero attached hydrogens (tertiary/aromatic N) is 1. The summed E-state index contributed by atoms with van der Waals surface area (Å²) in [6, 6.07) is 0.695. The van der Waals surface area contributed by atoms with Crippen LogP contribution in [0, 0.1) is 0 Å². The van der Waals surface area contributed by atoms with Crippen molar-refractivity contribution in [1.29, 1.82) is 0 Å². The highest BCUT2D eigenvalue weighted by molar-refractivity contribution is 6.32. The molecule has 1 unspecified atom stereocenters. The van der Waals surface area contributed by atoms with E-state index in [1.807, 2.05) is 0 Å². The molecule has 2 rings (SSSR count). The van der Waals surface area contributed by atoms with Crippen molar-refractivity contribution < 1.29 is 19.1 Å². The van der Waals surface area contributed by atoms with Gasteiger partial charge in [-0.1, -0.05) is 0 Å². The molecular formula is C11H12ClNO4. The summed E-state index contributed by atoms with van der Waals surface area (Å²) in [4.78, 5) is 24.5. The normalized spacial score (nSPS) is 20.3. The van der Waals surface area contributed by atoms with Gasteiger partial charge in [-0.3, -0.25) is 4.79 Å². The molecule has 92 valence electrons. The first-order valence-corrected chi connectivity index (χ1v) is 5.76. The van der Waals surface area contributed by atoms with Gasteiger partial charge >= 0.3 is 5.97 Å². The monoisotopic (exact) mass is 257 g/mol. The number of carboxylic acid groups (broad SMARTS) is 1. The van der Waals surface area contributed by atoms with Crippen LogP contribution in [-0.4, -0.2) is 34.5 Å². The van der Waals surface area contributed by atoms with Gasteiger partial charge in [-0.15, -0.1) is 0 Å². The van der Waals surface area contributed by atoms with Crippen LogP contribution in [0.15, 0.2) is 16.7 Å². The molecule has 6 heteroatoms. The Labute approximate surface area is 103 Å². The van der Waals surface area contributed by atoms with Gasteiger partial charge in [-0.2, -0.15) is 0 Å². The summed E-state index contributed by atoms with van der Waals surface area (Å²) in [5.41, 5.74) is 0.222. The van der Waals surface area contributed by atoms with Crippen LogP contribution in [0.3, 0.4) is 0 Å². The minimum Gasteiger partial charge on any atom is -0.480 e. The number of aliphatic carboxylic acids is 1. The number of amides is 1. The number of halogens is 1. The number of hydrogen-bond donors (Lipinski definition) is 1. The average Bonchev–Trinajstić information content (AvgIpc) is 2.74. The number of carbonyl (C=O) groups excluding carboxylic acids is 1. The summed E-state index contributed by atoms with van der Waals surface area (Å²) >= 11 is 5.72. The van der Waals surface area contributed by atoms with Crippen molar-refractivity contribution in [3.8, 4) is 0 Å². The van der Waals surface area contributed by atoms with Crippen LogP contribution < -0.4 is 0 Å². The standard InChI is InChI=1S/C11H12ClNO4/c12-9-7(4-6-17-9)10(14)13-5-2-1-3-8(13)11(15)16/h4,6,8H,1-3,5H2,(H,15,16). The summed E-state index contributed by atoms with van der Waals surface area (Å²) in [5, 5.41) is 9.08. The number of likely N-dealkylation sites (tertiary alicyclic amines) is 1. The second-order valence-electron chi connectivity index (χ2n) is 3.96. The summed E-state index contributed by atoms with van der Waals surface area (Å²) in [7, 11) is 0. The predicted molar refractivity (Wildman–Crippen MR) is 60.0 cm³/mol. The summed E-state index contributed by atoms with van der Waals surface area (Å²) in [6.45, 7) is 0.442. The molecule has 2 heterocycles. The molecule has 1 atom stereocenters. The van der Waals surface area contributed by atoms with Gasteiger partial charge in [0.1, 0.15) is 6.04 Å². The molecule has 1 aliphatic heterocycles. The first-order chi connectivity index (χ1) is 8.11. The van der Waals surface area contributed by atoms with Gasteiger partial charge in [0.2, 0.25) is 5.22 Å². The number of carboxylic acids is 1. The van der Waals surface area contributed by atoms with E-state index in [1.165, 1.54) is 17.2 Å². The Balaban J connectivity index is 2.23. The zero-order chi connectivity index (χ0) is 12.4. The lowest BCUT2D eigenvalue weighted by Gasteiger charge is -2.32. The van der Waals surface area contributed by atoms with Crippen molar-refractivity contribution >= 4 is 23.5 Å². The Morgan fingerprint density at radius 2 is 2.24 bits per heavy atom. The van der Waals surface area contributed by atoms with E-state index < -0.39 is 12.0 Å². The van der Waals surface area contributed by atoms with E-state index in [1.54, 1.807) is 0 Å². The third-order valence-electron chi connectivity index (χ3n) is 2.90. The smallest absolute Gasteiger partial charge is 0.326 e. The van der Waals surface area contributed by atoms with Crippen LogP contribution in [0.1, 0.15) is 29.6 Å². The Morgan fingerprint density at radius 3 is 2.82 bits per heavy atom. The number of hydrogen-bond acceptors (Lipinski definition) is 3. The second-order valence-corrected chi connectivity index (χ2v) is 4.30. The van der Waals surface area contributed by atoms with Crippen molar-refractivity contribution in [2.24, 2.45) is 0 Å². The van der Waals surface area contributed by atoms with Gasteiger partial charge < -0.3 is 14.4 Å². The first kappa shape index (κ1) is 12.0. The van der Waals surface area contributed by atoms with Gasteiger partial charge in [0, 0.05) is 6.54 Å². The van der Waals surface area contributed by atoms with Crippen LogP contribution >= 0.6 is 11.6 Å². The minimum atomic E-state index is -0.974. The van der Waals surface area contributed by atoms with Crippen molar-refractivity contribution in [1.82, 2.24) is 4.90 Å². The lowest BCUT2D eigenvalue weighted by atomic mass is 10.0. The Morgan fingerprint density at radius 1 is 1.47 bits per heavy atom. The topological polar surface area (TPSA) is 70.8 Å². The largest absolute Gasteiger partial charge is 0.480 e. The molecule has 1 aliphatic rings. The van der Waals surface area contributed by atoms with Crippen molar-refractivity contribution in [2.75, 3.05) is 6.54 Å². The lowest BCUT2D eigenvalue weighted by Crippen LogP contribution is -2.47. The molecule has 0 aromatic carbocycles. The summed E-state index contributed by atoms with van der Waals surface area (Å²) in [5.74, 6) is -1.35. The van der Waals surface area contributed by atoms with E-state index in [0.717, 1.165) is 12.8 Å². The maximum absolute atomic E-state index is 12.1. The molecule has 1 aromatic rings. The molecule has 0 bridgehead atoms. The fraction of sp³-hybridized carbons (Fsp3) is 0.455. The SMILES string of the molecule is O=C(O)C1CCCCN1C(=O)c1ccoc1Cl. The van der Waals surface area contributed by atoms with Gasteiger partial charge in [-0.05, 0) is 36.9 Å². The van der Waals surface area contributed by atoms with Gasteiger partial charge in [0.05, 0.1) is 11.8 Å². The number of piperidine rings is 1. The third kappa shape index (κ3) is 2.29. The molecule has 0 saturated carbocycles. The minimum absolute atomic E-state index is 0.00436. The Hall–Kier alpha value is -1.49. The quantitative estimate of drug-likeness (QED) is 0.880. The third-order valence-corrected chi connectivity index (χ3v) is 3.19. The molecule has 17 heavy (non-hydrogen) atoms. The number of furan rings is 1. The fourth-order valence-corrected chi connectivity index (χ4v) is 2.23. The van der Waals surface area contributed by atoms with Crippen molar-refractivity contribution in [2.45, 2.75) is 25.3 Å². The maximum Gasteiger partial charge on any atom is 0.326 e. The van der Waals surface area contributed by atoms with Gasteiger partial charge in [0.15, 0.2) is 0 Å². The fourth-order valence-electron chi connectivity index (χ4n) is 2.03. The summed E-state index contributed by atoms with van der Waals surface area (Å²) in [6.07, 6.45) is 3.43. The van der Waals surface area contributed by atoms with Crippen LogP contribution in [0.5, 0.6) is 0 Å². The number of carbonyl (C=O) groups is 2. The van der Waals surface area contributed by atoms with Crippen LogP contribution in [0.25, 0.3) is 0 Å². The predicted octanol–water partition coefficient (Wildman–Crippen LogP) is 2.01. The maximum atomic E-state index is 12.1. The highest BCUT2D eigenvalue weighted by Crippen LogP contribution is 2.24. The van der Waals surface area contributed by atoms with Crippen LogP contribution in [0.4, 0.5) is 0 Å². The van der Waals surface area contributed by atoms with E-state index in [-0.39, 0.29) is 16.7 Å². The molecule has 0 aliphatic carbocycles. The second kappa shape index (κ2) is 4.79. The van der Waals surface area contributed by atoms with E-state index in [4.69, 9.17) is 21.1 Å². The molecule has 5 nitrogen and oxygen atoms in total. The molecular weight excluding hydrogens is 246 g/mol. The number of rotatable bonds is 2. The van der Waals surface area contributed by atoms with Gasteiger partial charge in [0.25, 0.3) is 5.91 Å². The average molecular weight is 258 g/mol. The van der Waals surface area contributed by atoms with E-state index >= 15 is 0 Å². The van der Waals surface area contributed by atoms with Crippen LogP contribution in [-0.2, 0) is 4.79 Å². The van der Waals surface area contributed by atoms with Gasteiger partial charge in [-0.25, -0.2) is 4.79 Å². The van der Waals surface area contributed by atoms with Crippen LogP contribution in [0.2, 0.25) is 5.22 Å². The zero-order valence-electron chi connectivity index (χ0n) is 9.06. The highest BCUT2D eigenvalue weighted by Gasteiger charge is 2.33.